The van der Waals surface area contributed by atoms with Gasteiger partial charge in [0.2, 0.25) is 5.91 Å². The number of esters is 1. The van der Waals surface area contributed by atoms with Crippen molar-refractivity contribution in [1.82, 2.24) is 9.80 Å². The predicted molar refractivity (Wildman–Crippen MR) is 118 cm³/mol. The lowest BCUT2D eigenvalue weighted by molar-refractivity contribution is -0.142. The molecular weight excluding hydrogens is 422 g/mol. The number of amidine groups is 1. The number of rotatable bonds is 4. The van der Waals surface area contributed by atoms with Crippen molar-refractivity contribution in [3.05, 3.63) is 44.8 Å². The fourth-order valence-electron chi connectivity index (χ4n) is 4.13. The molecule has 4 rings (SSSR count). The molecule has 3 atom stereocenters. The molecular formula is C21H25N3O4S2. The van der Waals surface area contributed by atoms with E-state index in [0.717, 1.165) is 16.4 Å². The Labute approximate surface area is 184 Å². The van der Waals surface area contributed by atoms with Gasteiger partial charge in [-0.15, -0.1) is 0 Å². The van der Waals surface area contributed by atoms with Gasteiger partial charge in [-0.25, -0.2) is 9.79 Å². The average Bonchev–Trinajstić information content (AvgIpc) is 3.36. The highest BCUT2D eigenvalue weighted by atomic mass is 32.2. The summed E-state index contributed by atoms with van der Waals surface area (Å²) in [5.41, 5.74) is 2.99. The van der Waals surface area contributed by atoms with Gasteiger partial charge in [0.1, 0.15) is 0 Å². The molecule has 1 saturated heterocycles. The third kappa shape index (κ3) is 3.93. The van der Waals surface area contributed by atoms with Crippen LogP contribution >= 0.6 is 23.1 Å². The van der Waals surface area contributed by atoms with Crippen LogP contribution in [0, 0.1) is 0 Å². The number of aliphatic imine (C=N–C) groups is 1. The number of carbonyl (C=O) groups is 2. The number of morpholine rings is 1. The highest BCUT2D eigenvalue weighted by Crippen LogP contribution is 2.45. The Morgan fingerprint density at radius 1 is 1.30 bits per heavy atom. The van der Waals surface area contributed by atoms with E-state index in [1.54, 1.807) is 11.3 Å². The molecule has 0 aromatic carbocycles. The molecule has 0 N–H and O–H groups in total. The molecule has 0 aliphatic carbocycles. The lowest BCUT2D eigenvalue weighted by Gasteiger charge is -2.38. The van der Waals surface area contributed by atoms with Crippen LogP contribution in [0.4, 0.5) is 0 Å². The van der Waals surface area contributed by atoms with Gasteiger partial charge < -0.3 is 19.3 Å². The van der Waals surface area contributed by atoms with E-state index < -0.39 is 5.97 Å². The number of thioether (sulfide) groups is 1. The van der Waals surface area contributed by atoms with Crippen LogP contribution in [0.3, 0.4) is 0 Å². The minimum atomic E-state index is -0.398. The maximum absolute atomic E-state index is 13.1. The van der Waals surface area contributed by atoms with Crippen molar-refractivity contribution >= 4 is 40.1 Å². The lowest BCUT2D eigenvalue weighted by atomic mass is 9.96. The predicted octanol–water partition coefficient (Wildman–Crippen LogP) is 3.52. The standard InChI is InChI=1S/C21H25N3O4S2/c1-12-8-23(9-13(2)28-12)17(25)7-16-11-30-21-22-14(3)18(20(26)27-4)19(24(16)21)15-5-6-29-10-15/h5-6,10-13,19H,7-9H2,1-4H3. The third-order valence-electron chi connectivity index (χ3n) is 5.37. The number of ether oxygens (including phenoxy) is 2. The Balaban J connectivity index is 1.62. The second kappa shape index (κ2) is 8.56. The Morgan fingerprint density at radius 2 is 2.03 bits per heavy atom. The summed E-state index contributed by atoms with van der Waals surface area (Å²) in [5.74, 6) is -0.343. The summed E-state index contributed by atoms with van der Waals surface area (Å²) in [4.78, 5) is 34.3. The van der Waals surface area contributed by atoms with E-state index >= 15 is 0 Å². The maximum atomic E-state index is 13.1. The van der Waals surface area contributed by atoms with Gasteiger partial charge in [0.15, 0.2) is 5.17 Å². The average molecular weight is 448 g/mol. The first-order valence-electron chi connectivity index (χ1n) is 9.87. The minimum absolute atomic E-state index is 0.0202. The first-order chi connectivity index (χ1) is 14.4. The largest absolute Gasteiger partial charge is 0.466 e. The van der Waals surface area contributed by atoms with Crippen molar-refractivity contribution in [3.8, 4) is 0 Å². The molecule has 3 aliphatic rings. The van der Waals surface area contributed by atoms with Crippen LogP contribution < -0.4 is 0 Å². The topological polar surface area (TPSA) is 71.4 Å². The summed E-state index contributed by atoms with van der Waals surface area (Å²) in [6.45, 7) is 6.98. The first-order valence-corrected chi connectivity index (χ1v) is 11.7. The fourth-order valence-corrected chi connectivity index (χ4v) is 5.78. The smallest absolute Gasteiger partial charge is 0.338 e. The zero-order valence-electron chi connectivity index (χ0n) is 17.5. The minimum Gasteiger partial charge on any atom is -0.466 e. The molecule has 0 bridgehead atoms. The van der Waals surface area contributed by atoms with Crippen molar-refractivity contribution < 1.29 is 19.1 Å². The van der Waals surface area contributed by atoms with Crippen molar-refractivity contribution in [2.75, 3.05) is 20.2 Å². The van der Waals surface area contributed by atoms with Crippen LogP contribution in [0.25, 0.3) is 0 Å². The molecule has 0 saturated carbocycles. The number of carbonyl (C=O) groups excluding carboxylic acids is 2. The number of allylic oxidation sites excluding steroid dienone is 1. The SMILES string of the molecule is COC(=O)C1=C(C)N=C2SC=C(CC(=O)N3CC(C)OC(C)C3)N2C1c1ccsc1. The van der Waals surface area contributed by atoms with Crippen LogP contribution in [0.15, 0.2) is 44.2 Å². The number of amides is 1. The number of hydrogen-bond donors (Lipinski definition) is 0. The van der Waals surface area contributed by atoms with E-state index in [1.165, 1.54) is 18.9 Å². The second-order valence-electron chi connectivity index (χ2n) is 7.67. The van der Waals surface area contributed by atoms with Gasteiger partial charge in [0.25, 0.3) is 0 Å². The molecule has 7 nitrogen and oxygen atoms in total. The van der Waals surface area contributed by atoms with Crippen LogP contribution in [0.2, 0.25) is 0 Å². The van der Waals surface area contributed by atoms with Gasteiger partial charge in [-0.05, 0) is 48.6 Å². The molecule has 30 heavy (non-hydrogen) atoms. The van der Waals surface area contributed by atoms with E-state index in [2.05, 4.69) is 4.99 Å². The van der Waals surface area contributed by atoms with Gasteiger partial charge in [0, 0.05) is 18.8 Å². The van der Waals surface area contributed by atoms with Crippen molar-refractivity contribution in [2.24, 2.45) is 4.99 Å². The molecule has 0 radical (unpaired) electrons. The first kappa shape index (κ1) is 21.1. The Kier molecular flexibility index (Phi) is 6.04. The van der Waals surface area contributed by atoms with Crippen LogP contribution in [-0.2, 0) is 19.1 Å². The van der Waals surface area contributed by atoms with E-state index in [-0.39, 0.29) is 30.6 Å². The van der Waals surface area contributed by atoms with E-state index in [0.29, 0.717) is 24.4 Å². The molecule has 9 heteroatoms. The molecule has 3 aliphatic heterocycles. The Morgan fingerprint density at radius 3 is 2.67 bits per heavy atom. The number of fused-ring (bicyclic) bond motifs is 1. The molecule has 160 valence electrons. The highest BCUT2D eigenvalue weighted by Gasteiger charge is 2.41. The summed E-state index contributed by atoms with van der Waals surface area (Å²) in [5, 5.41) is 6.76. The molecule has 1 fully saturated rings. The fraction of sp³-hybridized carbons (Fsp3) is 0.476. The normalized spacial score (nSPS) is 26.3. The van der Waals surface area contributed by atoms with E-state index in [9.17, 15) is 9.59 Å². The van der Waals surface area contributed by atoms with Gasteiger partial charge in [0.05, 0.1) is 43.1 Å². The Hall–Kier alpha value is -2.10. The molecule has 1 amide bonds. The van der Waals surface area contributed by atoms with Crippen molar-refractivity contribution in [3.63, 3.8) is 0 Å². The van der Waals surface area contributed by atoms with Crippen LogP contribution in [-0.4, -0.2) is 59.3 Å². The Bertz CT molecular complexity index is 928. The molecule has 0 spiro atoms. The summed E-state index contributed by atoms with van der Waals surface area (Å²) in [6.07, 6.45) is 0.290. The van der Waals surface area contributed by atoms with Crippen molar-refractivity contribution in [2.45, 2.75) is 45.4 Å². The summed E-state index contributed by atoms with van der Waals surface area (Å²) in [7, 11) is 1.38. The molecule has 4 heterocycles. The van der Waals surface area contributed by atoms with Crippen LogP contribution in [0.1, 0.15) is 38.8 Å². The van der Waals surface area contributed by atoms with E-state index in [4.69, 9.17) is 9.47 Å². The van der Waals surface area contributed by atoms with Gasteiger partial charge in [-0.3, -0.25) is 4.79 Å². The third-order valence-corrected chi connectivity index (χ3v) is 6.96. The maximum Gasteiger partial charge on any atom is 0.338 e. The zero-order valence-corrected chi connectivity index (χ0v) is 19.1. The summed E-state index contributed by atoms with van der Waals surface area (Å²) >= 11 is 3.06. The summed E-state index contributed by atoms with van der Waals surface area (Å²) in [6, 6.07) is 1.65. The van der Waals surface area contributed by atoms with Gasteiger partial charge in [-0.1, -0.05) is 11.8 Å². The quantitative estimate of drug-likeness (QED) is 0.658. The molecule has 1 aromatic rings. The highest BCUT2D eigenvalue weighted by molar-refractivity contribution is 8.16. The zero-order chi connectivity index (χ0) is 21.4. The summed E-state index contributed by atoms with van der Waals surface area (Å²) < 4.78 is 10.8. The number of thiophene rings is 1. The monoisotopic (exact) mass is 447 g/mol. The van der Waals surface area contributed by atoms with Crippen LogP contribution in [0.5, 0.6) is 0 Å². The van der Waals surface area contributed by atoms with E-state index in [1.807, 2.05) is 52.8 Å². The number of methoxy groups -OCH3 is 1. The number of nitrogens with zero attached hydrogens (tertiary/aromatic N) is 3. The molecule has 3 unspecified atom stereocenters. The second-order valence-corrected chi connectivity index (χ2v) is 9.29. The number of hydrogen-bond acceptors (Lipinski definition) is 8. The van der Waals surface area contributed by atoms with Gasteiger partial charge >= 0.3 is 5.97 Å². The molecule has 1 aromatic heterocycles. The van der Waals surface area contributed by atoms with Gasteiger partial charge in [-0.2, -0.15) is 11.3 Å². The van der Waals surface area contributed by atoms with Crippen molar-refractivity contribution in [1.29, 1.82) is 0 Å². The lowest BCUT2D eigenvalue weighted by Crippen LogP contribution is -2.48.